The molecule has 1 aromatic rings. The highest BCUT2D eigenvalue weighted by Gasteiger charge is 2.05. The lowest BCUT2D eigenvalue weighted by atomic mass is 10.2. The molecule has 0 amide bonds. The third kappa shape index (κ3) is 3.81. The largest absolute Gasteiger partial charge is 0.374 e. The summed E-state index contributed by atoms with van der Waals surface area (Å²) < 4.78 is 0. The Morgan fingerprint density at radius 2 is 2.12 bits per heavy atom. The molecule has 0 bridgehead atoms. The van der Waals surface area contributed by atoms with Gasteiger partial charge in [-0.05, 0) is 25.5 Å². The second-order valence-corrected chi connectivity index (χ2v) is 4.10. The number of aromatic nitrogens is 1. The van der Waals surface area contributed by atoms with E-state index in [-0.39, 0.29) is 0 Å². The monoisotopic (exact) mass is 221 g/mol. The van der Waals surface area contributed by atoms with Gasteiger partial charge in [0.15, 0.2) is 0 Å². The van der Waals surface area contributed by atoms with Gasteiger partial charge in [-0.2, -0.15) is 0 Å². The molecular formula is C13H23N3. The quantitative estimate of drug-likeness (QED) is 0.717. The molecule has 16 heavy (non-hydrogen) atoms. The van der Waals surface area contributed by atoms with Crippen LogP contribution in [0.3, 0.4) is 0 Å². The fourth-order valence-electron chi connectivity index (χ4n) is 1.78. The minimum absolute atomic E-state index is 0.908. The Morgan fingerprint density at radius 3 is 2.81 bits per heavy atom. The summed E-state index contributed by atoms with van der Waals surface area (Å²) >= 11 is 0. The lowest BCUT2D eigenvalue weighted by Gasteiger charge is -2.21. The van der Waals surface area contributed by atoms with Crippen molar-refractivity contribution in [2.24, 2.45) is 0 Å². The number of nitrogens with zero attached hydrogens (tertiary/aromatic N) is 2. The lowest BCUT2D eigenvalue weighted by molar-refractivity contribution is 0.671. The molecule has 0 fully saturated rings. The molecule has 1 heterocycles. The van der Waals surface area contributed by atoms with E-state index in [1.165, 1.54) is 24.1 Å². The van der Waals surface area contributed by atoms with Crippen LogP contribution < -0.4 is 10.2 Å². The van der Waals surface area contributed by atoms with Crippen molar-refractivity contribution in [3.63, 3.8) is 0 Å². The number of hydrogen-bond donors (Lipinski definition) is 1. The second-order valence-electron chi connectivity index (χ2n) is 4.10. The number of hydrogen-bond acceptors (Lipinski definition) is 3. The molecule has 0 saturated heterocycles. The Balaban J connectivity index is 2.67. The standard InChI is InChI=1S/C13H23N3/c1-4-7-14-10-12-11-15-8-6-13(12)16(3)9-5-2/h6,8,11,14H,4-5,7,9-10H2,1-3H3. The van der Waals surface area contributed by atoms with Crippen molar-refractivity contribution < 1.29 is 0 Å². The van der Waals surface area contributed by atoms with E-state index in [0.717, 1.165) is 19.6 Å². The number of nitrogens with one attached hydrogen (secondary N) is 1. The van der Waals surface area contributed by atoms with Crippen LogP contribution in [0.1, 0.15) is 32.3 Å². The van der Waals surface area contributed by atoms with E-state index in [0.29, 0.717) is 0 Å². The molecule has 3 nitrogen and oxygen atoms in total. The molecule has 0 aliphatic carbocycles. The van der Waals surface area contributed by atoms with Gasteiger partial charge in [0.1, 0.15) is 0 Å². The van der Waals surface area contributed by atoms with Crippen LogP contribution in [0.2, 0.25) is 0 Å². The minimum Gasteiger partial charge on any atom is -0.374 e. The van der Waals surface area contributed by atoms with E-state index in [1.807, 2.05) is 12.4 Å². The van der Waals surface area contributed by atoms with E-state index in [1.54, 1.807) is 0 Å². The van der Waals surface area contributed by atoms with Gasteiger partial charge in [-0.3, -0.25) is 4.98 Å². The third-order valence-electron chi connectivity index (χ3n) is 2.59. The van der Waals surface area contributed by atoms with Gasteiger partial charge in [-0.15, -0.1) is 0 Å². The summed E-state index contributed by atoms with van der Waals surface area (Å²) in [5.41, 5.74) is 2.58. The molecule has 0 unspecified atom stereocenters. The molecule has 0 atom stereocenters. The van der Waals surface area contributed by atoms with Gasteiger partial charge in [-0.25, -0.2) is 0 Å². The van der Waals surface area contributed by atoms with Crippen LogP contribution in [0.25, 0.3) is 0 Å². The smallest absolute Gasteiger partial charge is 0.0440 e. The van der Waals surface area contributed by atoms with E-state index >= 15 is 0 Å². The Labute approximate surface area is 98.9 Å². The van der Waals surface area contributed by atoms with E-state index in [4.69, 9.17) is 0 Å². The van der Waals surface area contributed by atoms with Crippen molar-refractivity contribution in [1.29, 1.82) is 0 Å². The minimum atomic E-state index is 0.908. The Hall–Kier alpha value is -1.09. The van der Waals surface area contributed by atoms with Crippen LogP contribution in [-0.4, -0.2) is 25.1 Å². The van der Waals surface area contributed by atoms with Gasteiger partial charge in [0.25, 0.3) is 0 Å². The number of rotatable bonds is 7. The molecule has 90 valence electrons. The summed E-state index contributed by atoms with van der Waals surface area (Å²) in [6.07, 6.45) is 6.16. The predicted octanol–water partition coefficient (Wildman–Crippen LogP) is 2.43. The summed E-state index contributed by atoms with van der Waals surface area (Å²) in [6.45, 7) is 7.44. The molecule has 1 aromatic heterocycles. The summed E-state index contributed by atoms with van der Waals surface area (Å²) in [4.78, 5) is 6.50. The first kappa shape index (κ1) is 13.0. The summed E-state index contributed by atoms with van der Waals surface area (Å²) in [6, 6.07) is 2.10. The highest BCUT2D eigenvalue weighted by atomic mass is 15.1. The van der Waals surface area contributed by atoms with Crippen LogP contribution in [0.5, 0.6) is 0 Å². The predicted molar refractivity (Wildman–Crippen MR) is 69.8 cm³/mol. The van der Waals surface area contributed by atoms with E-state index in [2.05, 4.69) is 42.2 Å². The fourth-order valence-corrected chi connectivity index (χ4v) is 1.78. The summed E-state index contributed by atoms with van der Waals surface area (Å²) in [5, 5.41) is 3.42. The molecule has 0 spiro atoms. The molecule has 1 rings (SSSR count). The van der Waals surface area contributed by atoms with Crippen molar-refractivity contribution in [3.05, 3.63) is 24.0 Å². The molecule has 3 heteroatoms. The van der Waals surface area contributed by atoms with Crippen LogP contribution in [0.15, 0.2) is 18.5 Å². The molecule has 1 N–H and O–H groups in total. The SMILES string of the molecule is CCCNCc1cnccc1N(C)CCC. The molecule has 0 aliphatic heterocycles. The van der Waals surface area contributed by atoms with Crippen molar-refractivity contribution in [3.8, 4) is 0 Å². The van der Waals surface area contributed by atoms with Gasteiger partial charge in [0.2, 0.25) is 0 Å². The zero-order chi connectivity index (χ0) is 11.8. The molecule has 0 aromatic carbocycles. The maximum Gasteiger partial charge on any atom is 0.0440 e. The van der Waals surface area contributed by atoms with E-state index in [9.17, 15) is 0 Å². The van der Waals surface area contributed by atoms with Crippen molar-refractivity contribution in [2.45, 2.75) is 33.2 Å². The van der Waals surface area contributed by atoms with E-state index < -0.39 is 0 Å². The molecular weight excluding hydrogens is 198 g/mol. The Kier molecular flexibility index (Phi) is 5.86. The lowest BCUT2D eigenvalue weighted by Crippen LogP contribution is -2.22. The second kappa shape index (κ2) is 7.23. The van der Waals surface area contributed by atoms with Crippen LogP contribution in [-0.2, 0) is 6.54 Å². The van der Waals surface area contributed by atoms with Crippen LogP contribution in [0.4, 0.5) is 5.69 Å². The summed E-state index contributed by atoms with van der Waals surface area (Å²) in [5.74, 6) is 0. The van der Waals surface area contributed by atoms with Crippen molar-refractivity contribution in [1.82, 2.24) is 10.3 Å². The first-order valence-corrected chi connectivity index (χ1v) is 6.14. The van der Waals surface area contributed by atoms with Crippen LogP contribution in [0, 0.1) is 0 Å². The maximum atomic E-state index is 4.20. The normalized spacial score (nSPS) is 10.4. The van der Waals surface area contributed by atoms with Gasteiger partial charge < -0.3 is 10.2 Å². The maximum absolute atomic E-state index is 4.20. The van der Waals surface area contributed by atoms with Gasteiger partial charge in [0.05, 0.1) is 0 Å². The first-order chi connectivity index (χ1) is 7.79. The Bertz CT molecular complexity index is 299. The average molecular weight is 221 g/mol. The highest BCUT2D eigenvalue weighted by Crippen LogP contribution is 2.17. The van der Waals surface area contributed by atoms with Crippen molar-refractivity contribution >= 4 is 5.69 Å². The number of anilines is 1. The third-order valence-corrected chi connectivity index (χ3v) is 2.59. The van der Waals surface area contributed by atoms with Crippen LogP contribution >= 0.6 is 0 Å². The zero-order valence-corrected chi connectivity index (χ0v) is 10.7. The van der Waals surface area contributed by atoms with Gasteiger partial charge in [-0.1, -0.05) is 13.8 Å². The average Bonchev–Trinajstić information content (AvgIpc) is 2.30. The van der Waals surface area contributed by atoms with Gasteiger partial charge in [0, 0.05) is 43.8 Å². The highest BCUT2D eigenvalue weighted by molar-refractivity contribution is 5.51. The van der Waals surface area contributed by atoms with Gasteiger partial charge >= 0.3 is 0 Å². The molecule has 0 aliphatic rings. The topological polar surface area (TPSA) is 28.2 Å². The molecule has 0 saturated carbocycles. The van der Waals surface area contributed by atoms with Crippen molar-refractivity contribution in [2.75, 3.05) is 25.0 Å². The molecule has 0 radical (unpaired) electrons. The summed E-state index contributed by atoms with van der Waals surface area (Å²) in [7, 11) is 2.14. The fraction of sp³-hybridized carbons (Fsp3) is 0.615. The first-order valence-electron chi connectivity index (χ1n) is 6.14. The zero-order valence-electron chi connectivity index (χ0n) is 10.7. The Morgan fingerprint density at radius 1 is 1.31 bits per heavy atom. The number of pyridine rings is 1.